The maximum Gasteiger partial charge on any atom is 0.256 e. The van der Waals surface area contributed by atoms with E-state index in [1.165, 1.54) is 0 Å². The molecule has 128 valence electrons. The monoisotopic (exact) mass is 346 g/mol. The third kappa shape index (κ3) is 2.43. The van der Waals surface area contributed by atoms with Crippen LogP contribution in [0.3, 0.4) is 0 Å². The Morgan fingerprint density at radius 1 is 1.42 bits per heavy atom. The SMILES string of the molecule is CC1(C)S[C@@H]2c3ccccc3C(=O)N2[C@@H]1C(=O)NC[C@H]1CCCO1. The van der Waals surface area contributed by atoms with Crippen molar-refractivity contribution >= 4 is 23.6 Å². The first-order chi connectivity index (χ1) is 11.5. The molecule has 0 aromatic heterocycles. The molecule has 4 rings (SSSR count). The quantitative estimate of drug-likeness (QED) is 0.913. The van der Waals surface area contributed by atoms with Crippen LogP contribution in [0.2, 0.25) is 0 Å². The summed E-state index contributed by atoms with van der Waals surface area (Å²) in [5.41, 5.74) is 1.75. The van der Waals surface area contributed by atoms with Gasteiger partial charge in [0, 0.05) is 23.5 Å². The number of hydrogen-bond acceptors (Lipinski definition) is 4. The fraction of sp³-hybridized carbons (Fsp3) is 0.556. The number of nitrogens with one attached hydrogen (secondary N) is 1. The lowest BCUT2D eigenvalue weighted by Gasteiger charge is -2.29. The van der Waals surface area contributed by atoms with Gasteiger partial charge < -0.3 is 15.0 Å². The van der Waals surface area contributed by atoms with Gasteiger partial charge in [0.2, 0.25) is 5.91 Å². The van der Waals surface area contributed by atoms with Gasteiger partial charge >= 0.3 is 0 Å². The van der Waals surface area contributed by atoms with Crippen LogP contribution >= 0.6 is 11.8 Å². The minimum atomic E-state index is -0.464. The van der Waals surface area contributed by atoms with Crippen LogP contribution in [0, 0.1) is 0 Å². The molecule has 6 heteroatoms. The van der Waals surface area contributed by atoms with E-state index in [2.05, 4.69) is 5.32 Å². The fourth-order valence-corrected chi connectivity index (χ4v) is 5.51. The van der Waals surface area contributed by atoms with E-state index < -0.39 is 6.04 Å². The predicted octanol–water partition coefficient (Wildman–Crippen LogP) is 2.33. The van der Waals surface area contributed by atoms with E-state index in [1.807, 2.05) is 38.1 Å². The highest BCUT2D eigenvalue weighted by atomic mass is 32.2. The molecule has 3 aliphatic rings. The number of nitrogens with zero attached hydrogens (tertiary/aromatic N) is 1. The van der Waals surface area contributed by atoms with Crippen molar-refractivity contribution in [2.75, 3.05) is 13.2 Å². The summed E-state index contributed by atoms with van der Waals surface area (Å²) in [6.07, 6.45) is 2.14. The first kappa shape index (κ1) is 16.0. The molecule has 3 aliphatic heterocycles. The molecule has 0 saturated carbocycles. The van der Waals surface area contributed by atoms with Crippen LogP contribution in [-0.4, -0.2) is 46.8 Å². The third-order valence-corrected chi connectivity index (χ3v) is 6.61. The molecule has 0 unspecified atom stereocenters. The number of carbonyl (C=O) groups excluding carboxylic acids is 2. The van der Waals surface area contributed by atoms with Gasteiger partial charge in [0.1, 0.15) is 11.4 Å². The largest absolute Gasteiger partial charge is 0.376 e. The first-order valence-electron chi connectivity index (χ1n) is 8.48. The van der Waals surface area contributed by atoms with Gasteiger partial charge in [-0.25, -0.2) is 0 Å². The molecule has 0 radical (unpaired) electrons. The van der Waals surface area contributed by atoms with Crippen molar-refractivity contribution in [2.24, 2.45) is 0 Å². The van der Waals surface area contributed by atoms with Crippen molar-refractivity contribution in [1.82, 2.24) is 10.2 Å². The van der Waals surface area contributed by atoms with E-state index in [1.54, 1.807) is 16.7 Å². The smallest absolute Gasteiger partial charge is 0.256 e. The number of thioether (sulfide) groups is 1. The molecule has 0 spiro atoms. The lowest BCUT2D eigenvalue weighted by molar-refractivity contribution is -0.126. The average molecular weight is 346 g/mol. The van der Waals surface area contributed by atoms with E-state index in [4.69, 9.17) is 4.74 Å². The first-order valence-corrected chi connectivity index (χ1v) is 9.36. The topological polar surface area (TPSA) is 58.6 Å². The lowest BCUT2D eigenvalue weighted by Crippen LogP contribution is -2.53. The zero-order chi connectivity index (χ0) is 16.9. The van der Waals surface area contributed by atoms with Crippen LogP contribution in [0.15, 0.2) is 24.3 Å². The van der Waals surface area contributed by atoms with E-state index in [0.717, 1.165) is 30.6 Å². The van der Waals surface area contributed by atoms with E-state index in [0.29, 0.717) is 6.54 Å². The Kier molecular flexibility index (Phi) is 3.84. The Labute approximate surface area is 146 Å². The van der Waals surface area contributed by atoms with E-state index >= 15 is 0 Å². The van der Waals surface area contributed by atoms with Gasteiger partial charge in [0.05, 0.1) is 6.10 Å². The predicted molar refractivity (Wildman–Crippen MR) is 92.8 cm³/mol. The van der Waals surface area contributed by atoms with Gasteiger partial charge in [0.25, 0.3) is 5.91 Å². The number of rotatable bonds is 3. The van der Waals surface area contributed by atoms with Gasteiger partial charge in [-0.2, -0.15) is 0 Å². The van der Waals surface area contributed by atoms with Crippen LogP contribution in [0.25, 0.3) is 0 Å². The molecule has 1 aromatic carbocycles. The molecule has 3 heterocycles. The van der Waals surface area contributed by atoms with E-state index in [-0.39, 0.29) is 28.0 Å². The van der Waals surface area contributed by atoms with Crippen molar-refractivity contribution in [3.63, 3.8) is 0 Å². The van der Waals surface area contributed by atoms with E-state index in [9.17, 15) is 9.59 Å². The van der Waals surface area contributed by atoms with Crippen LogP contribution in [0.5, 0.6) is 0 Å². The minimum Gasteiger partial charge on any atom is -0.376 e. The van der Waals surface area contributed by atoms with Gasteiger partial charge in [0.15, 0.2) is 0 Å². The highest BCUT2D eigenvalue weighted by Gasteiger charge is 2.57. The molecular formula is C18H22N2O3S. The summed E-state index contributed by atoms with van der Waals surface area (Å²) in [5, 5.41) is 2.94. The molecule has 1 aromatic rings. The third-order valence-electron chi connectivity index (χ3n) is 5.07. The molecule has 2 amide bonds. The second-order valence-electron chi connectivity index (χ2n) is 7.16. The summed E-state index contributed by atoms with van der Waals surface area (Å²) in [7, 11) is 0. The molecule has 1 N–H and O–H groups in total. The average Bonchev–Trinajstić information content (AvgIpc) is 3.22. The standard InChI is InChI=1S/C18H22N2O3S/c1-18(2)14(15(21)19-10-11-6-5-9-23-11)20-16(22)12-7-3-4-8-13(12)17(20)24-18/h3-4,7-8,11,14,17H,5-6,9-10H2,1-2H3,(H,19,21)/t11-,14-,17-/m1/s1. The van der Waals surface area contributed by atoms with Crippen LogP contribution in [0.4, 0.5) is 0 Å². The number of ether oxygens (including phenoxy) is 1. The molecule has 0 bridgehead atoms. The Morgan fingerprint density at radius 2 is 2.21 bits per heavy atom. The molecule has 5 nitrogen and oxygen atoms in total. The van der Waals surface area contributed by atoms with Crippen molar-refractivity contribution in [1.29, 1.82) is 0 Å². The number of benzene rings is 1. The fourth-order valence-electron chi connectivity index (χ4n) is 3.92. The summed E-state index contributed by atoms with van der Waals surface area (Å²) in [4.78, 5) is 27.5. The zero-order valence-corrected chi connectivity index (χ0v) is 14.8. The van der Waals surface area contributed by atoms with Crippen LogP contribution in [-0.2, 0) is 9.53 Å². The summed E-state index contributed by atoms with van der Waals surface area (Å²) in [6, 6.07) is 7.21. The Bertz CT molecular complexity index is 685. The number of carbonyl (C=O) groups is 2. The Morgan fingerprint density at radius 3 is 2.96 bits per heavy atom. The van der Waals surface area contributed by atoms with Gasteiger partial charge in [-0.1, -0.05) is 18.2 Å². The van der Waals surface area contributed by atoms with Crippen molar-refractivity contribution in [3.8, 4) is 0 Å². The molecule has 2 fully saturated rings. The second-order valence-corrected chi connectivity index (χ2v) is 8.89. The van der Waals surface area contributed by atoms with Crippen molar-refractivity contribution in [3.05, 3.63) is 35.4 Å². The highest BCUT2D eigenvalue weighted by molar-refractivity contribution is 8.01. The highest BCUT2D eigenvalue weighted by Crippen LogP contribution is 2.56. The van der Waals surface area contributed by atoms with Crippen molar-refractivity contribution < 1.29 is 14.3 Å². The molecule has 2 saturated heterocycles. The second kappa shape index (κ2) is 5.77. The zero-order valence-electron chi connectivity index (χ0n) is 14.0. The molecule has 3 atom stereocenters. The number of amides is 2. The Balaban J connectivity index is 1.56. The summed E-state index contributed by atoms with van der Waals surface area (Å²) < 4.78 is 5.25. The maximum atomic E-state index is 12.9. The van der Waals surface area contributed by atoms with Gasteiger partial charge in [-0.15, -0.1) is 11.8 Å². The summed E-state index contributed by atoms with van der Waals surface area (Å²) in [6.45, 7) is 5.38. The summed E-state index contributed by atoms with van der Waals surface area (Å²) >= 11 is 1.69. The summed E-state index contributed by atoms with van der Waals surface area (Å²) in [5.74, 6) is -0.113. The molecular weight excluding hydrogens is 324 g/mol. The maximum absolute atomic E-state index is 12.9. The number of fused-ring (bicyclic) bond motifs is 3. The number of hydrogen-bond donors (Lipinski definition) is 1. The van der Waals surface area contributed by atoms with Gasteiger partial charge in [-0.05, 0) is 38.3 Å². The normalized spacial score (nSPS) is 30.3. The lowest BCUT2D eigenvalue weighted by atomic mass is 10.0. The van der Waals surface area contributed by atoms with Crippen LogP contribution in [0.1, 0.15) is 48.0 Å². The van der Waals surface area contributed by atoms with Crippen LogP contribution < -0.4 is 5.32 Å². The Hall–Kier alpha value is -1.53. The molecule has 0 aliphatic carbocycles. The molecule has 24 heavy (non-hydrogen) atoms. The minimum absolute atomic E-state index is 0.0362. The van der Waals surface area contributed by atoms with Crippen molar-refractivity contribution in [2.45, 2.75) is 49.0 Å². The van der Waals surface area contributed by atoms with Gasteiger partial charge in [-0.3, -0.25) is 9.59 Å².